The first kappa shape index (κ1) is 15.4. The first-order valence-electron chi connectivity index (χ1n) is 6.70. The van der Waals surface area contributed by atoms with Gasteiger partial charge in [-0.3, -0.25) is 4.79 Å². The minimum Gasteiger partial charge on any atom is -0.504 e. The van der Waals surface area contributed by atoms with Crippen LogP contribution < -0.4 is 10.1 Å². The number of nitrogens with one attached hydrogen (secondary N) is 1. The van der Waals surface area contributed by atoms with Gasteiger partial charge in [-0.05, 0) is 29.8 Å². The van der Waals surface area contributed by atoms with Crippen LogP contribution in [0.1, 0.15) is 11.1 Å². The molecule has 0 aliphatic carbocycles. The quantitative estimate of drug-likeness (QED) is 0.585. The lowest BCUT2D eigenvalue weighted by atomic mass is 10.2. The van der Waals surface area contributed by atoms with Gasteiger partial charge in [-0.1, -0.05) is 24.3 Å². The third kappa shape index (κ3) is 4.02. The number of hydrogen-bond donors (Lipinski definition) is 3. The van der Waals surface area contributed by atoms with E-state index in [-0.39, 0.29) is 17.4 Å². The maximum Gasteiger partial charge on any atom is 0.244 e. The second-order valence-electron chi connectivity index (χ2n) is 4.61. The van der Waals surface area contributed by atoms with Gasteiger partial charge in [0.1, 0.15) is 5.75 Å². The molecular formula is C17H17NO4. The zero-order valence-electron chi connectivity index (χ0n) is 12.1. The number of carbonyl (C=O) groups is 1. The van der Waals surface area contributed by atoms with Gasteiger partial charge >= 0.3 is 0 Å². The van der Waals surface area contributed by atoms with E-state index in [9.17, 15) is 15.0 Å². The summed E-state index contributed by atoms with van der Waals surface area (Å²) in [7, 11) is 1.58. The van der Waals surface area contributed by atoms with Crippen molar-refractivity contribution in [1.82, 2.24) is 5.32 Å². The van der Waals surface area contributed by atoms with Crippen LogP contribution in [0.5, 0.6) is 17.2 Å². The predicted molar refractivity (Wildman–Crippen MR) is 83.6 cm³/mol. The molecule has 0 aliphatic heterocycles. The molecule has 0 fully saturated rings. The van der Waals surface area contributed by atoms with E-state index in [2.05, 4.69) is 5.32 Å². The Hall–Kier alpha value is -2.95. The van der Waals surface area contributed by atoms with E-state index in [0.717, 1.165) is 11.3 Å². The van der Waals surface area contributed by atoms with Crippen LogP contribution in [-0.4, -0.2) is 23.2 Å². The number of ether oxygens (including phenoxy) is 1. The molecule has 3 N–H and O–H groups in total. The lowest BCUT2D eigenvalue weighted by Gasteiger charge is -2.08. The maximum atomic E-state index is 11.8. The van der Waals surface area contributed by atoms with Crippen LogP contribution in [0, 0.1) is 0 Å². The summed E-state index contributed by atoms with van der Waals surface area (Å²) >= 11 is 0. The van der Waals surface area contributed by atoms with Gasteiger partial charge in [0.05, 0.1) is 7.11 Å². The van der Waals surface area contributed by atoms with Crippen molar-refractivity contribution in [3.05, 3.63) is 59.7 Å². The molecule has 5 nitrogen and oxygen atoms in total. The number of benzene rings is 2. The van der Waals surface area contributed by atoms with Crippen LogP contribution in [0.2, 0.25) is 0 Å². The van der Waals surface area contributed by atoms with Gasteiger partial charge in [0, 0.05) is 18.2 Å². The highest BCUT2D eigenvalue weighted by molar-refractivity contribution is 5.91. The molecule has 0 aromatic heterocycles. The van der Waals surface area contributed by atoms with Gasteiger partial charge in [0.2, 0.25) is 5.91 Å². The third-order valence-electron chi connectivity index (χ3n) is 3.07. The molecule has 5 heteroatoms. The van der Waals surface area contributed by atoms with Gasteiger partial charge in [-0.25, -0.2) is 0 Å². The topological polar surface area (TPSA) is 78.8 Å². The highest BCUT2D eigenvalue weighted by atomic mass is 16.5. The number of aromatic hydroxyl groups is 2. The fourth-order valence-corrected chi connectivity index (χ4v) is 1.91. The summed E-state index contributed by atoms with van der Waals surface area (Å²) in [6.07, 6.45) is 2.91. The molecule has 0 atom stereocenters. The second kappa shape index (κ2) is 7.17. The van der Waals surface area contributed by atoms with Gasteiger partial charge < -0.3 is 20.3 Å². The fraction of sp³-hybridized carbons (Fsp3) is 0.118. The van der Waals surface area contributed by atoms with Gasteiger partial charge in [0.25, 0.3) is 0 Å². The molecule has 0 bridgehead atoms. The number of hydrogen-bond acceptors (Lipinski definition) is 4. The summed E-state index contributed by atoms with van der Waals surface area (Å²) in [5, 5.41) is 21.3. The number of para-hydroxylation sites is 1. The highest BCUT2D eigenvalue weighted by Crippen LogP contribution is 2.25. The van der Waals surface area contributed by atoms with Crippen molar-refractivity contribution in [3.8, 4) is 17.2 Å². The lowest BCUT2D eigenvalue weighted by molar-refractivity contribution is -0.116. The predicted octanol–water partition coefficient (Wildman–Crippen LogP) is 2.44. The van der Waals surface area contributed by atoms with Crippen LogP contribution in [0.4, 0.5) is 0 Å². The minimum absolute atomic E-state index is 0.197. The molecule has 2 rings (SSSR count). The average Bonchev–Trinajstić information content (AvgIpc) is 2.54. The Kier molecular flexibility index (Phi) is 5.03. The van der Waals surface area contributed by atoms with Crippen LogP contribution >= 0.6 is 0 Å². The highest BCUT2D eigenvalue weighted by Gasteiger charge is 2.03. The van der Waals surface area contributed by atoms with Crippen molar-refractivity contribution in [1.29, 1.82) is 0 Å². The van der Waals surface area contributed by atoms with E-state index in [1.807, 2.05) is 24.3 Å². The fourth-order valence-electron chi connectivity index (χ4n) is 1.91. The molecule has 0 spiro atoms. The van der Waals surface area contributed by atoms with Crippen molar-refractivity contribution in [2.75, 3.05) is 7.11 Å². The lowest BCUT2D eigenvalue weighted by Crippen LogP contribution is -2.20. The first-order chi connectivity index (χ1) is 10.6. The molecule has 0 unspecified atom stereocenters. The molecule has 2 aromatic rings. The normalized spacial score (nSPS) is 10.6. The Balaban J connectivity index is 1.95. The summed E-state index contributed by atoms with van der Waals surface area (Å²) in [4.78, 5) is 11.8. The summed E-state index contributed by atoms with van der Waals surface area (Å²) < 4.78 is 5.21. The number of amides is 1. The molecule has 22 heavy (non-hydrogen) atoms. The summed E-state index contributed by atoms with van der Waals surface area (Å²) in [5.74, 6) is 0.0306. The van der Waals surface area contributed by atoms with Crippen molar-refractivity contribution < 1.29 is 19.7 Å². The second-order valence-corrected chi connectivity index (χ2v) is 4.61. The van der Waals surface area contributed by atoms with Crippen molar-refractivity contribution >= 4 is 12.0 Å². The molecule has 114 valence electrons. The van der Waals surface area contributed by atoms with E-state index in [0.29, 0.717) is 12.1 Å². The third-order valence-corrected chi connectivity index (χ3v) is 3.07. The van der Waals surface area contributed by atoms with E-state index in [1.54, 1.807) is 19.3 Å². The monoisotopic (exact) mass is 299 g/mol. The summed E-state index contributed by atoms with van der Waals surface area (Å²) in [6.45, 7) is 0.355. The Morgan fingerprint density at radius 2 is 1.95 bits per heavy atom. The van der Waals surface area contributed by atoms with Crippen LogP contribution in [-0.2, 0) is 11.3 Å². The molecule has 2 aromatic carbocycles. The zero-order valence-corrected chi connectivity index (χ0v) is 12.1. The molecule has 1 amide bonds. The number of methoxy groups -OCH3 is 1. The van der Waals surface area contributed by atoms with E-state index in [1.165, 1.54) is 18.2 Å². The smallest absolute Gasteiger partial charge is 0.244 e. The van der Waals surface area contributed by atoms with Crippen LogP contribution in [0.3, 0.4) is 0 Å². The van der Waals surface area contributed by atoms with Crippen LogP contribution in [0.15, 0.2) is 48.5 Å². The van der Waals surface area contributed by atoms with Crippen molar-refractivity contribution in [2.45, 2.75) is 6.54 Å². The standard InChI is InChI=1S/C17H17NO4/c1-22-16-5-3-2-4-13(16)11-18-17(21)9-7-12-6-8-14(19)15(20)10-12/h2-10,19-20H,11H2,1H3,(H,18,21)/b9-7+. The Morgan fingerprint density at radius 3 is 2.68 bits per heavy atom. The number of phenols is 2. The van der Waals surface area contributed by atoms with Crippen LogP contribution in [0.25, 0.3) is 6.08 Å². The number of phenolic OH excluding ortho intramolecular Hbond substituents is 2. The first-order valence-corrected chi connectivity index (χ1v) is 6.70. The Labute approximate surface area is 128 Å². The largest absolute Gasteiger partial charge is 0.504 e. The zero-order chi connectivity index (χ0) is 15.9. The average molecular weight is 299 g/mol. The molecule has 0 saturated carbocycles. The van der Waals surface area contributed by atoms with E-state index < -0.39 is 0 Å². The van der Waals surface area contributed by atoms with Crippen molar-refractivity contribution in [3.63, 3.8) is 0 Å². The van der Waals surface area contributed by atoms with Gasteiger partial charge in [-0.2, -0.15) is 0 Å². The summed E-state index contributed by atoms with van der Waals surface area (Å²) in [5.41, 5.74) is 1.50. The summed E-state index contributed by atoms with van der Waals surface area (Å²) in [6, 6.07) is 11.8. The van der Waals surface area contributed by atoms with Gasteiger partial charge in [0.15, 0.2) is 11.5 Å². The Bertz CT molecular complexity index is 695. The van der Waals surface area contributed by atoms with Crippen molar-refractivity contribution in [2.24, 2.45) is 0 Å². The molecule has 0 aliphatic rings. The molecule has 0 heterocycles. The molecule has 0 saturated heterocycles. The molecule has 0 radical (unpaired) electrons. The van der Waals surface area contributed by atoms with E-state index in [4.69, 9.17) is 4.74 Å². The SMILES string of the molecule is COc1ccccc1CNC(=O)/C=C/c1ccc(O)c(O)c1. The number of carbonyl (C=O) groups excluding carboxylic acids is 1. The minimum atomic E-state index is -0.265. The van der Waals surface area contributed by atoms with E-state index >= 15 is 0 Å². The Morgan fingerprint density at radius 1 is 1.18 bits per heavy atom. The maximum absolute atomic E-state index is 11.8. The molecular weight excluding hydrogens is 282 g/mol. The number of rotatable bonds is 5. The van der Waals surface area contributed by atoms with Gasteiger partial charge in [-0.15, -0.1) is 0 Å².